The maximum absolute atomic E-state index is 13.1. The van der Waals surface area contributed by atoms with Crippen LogP contribution in [0.25, 0.3) is 0 Å². The fraction of sp³-hybridized carbons (Fsp3) is 0.300. The van der Waals surface area contributed by atoms with Gasteiger partial charge in [-0.1, -0.05) is 0 Å². The van der Waals surface area contributed by atoms with Crippen LogP contribution in [0.1, 0.15) is 10.4 Å². The molecule has 0 saturated carbocycles. The Labute approximate surface area is 98.2 Å². The maximum atomic E-state index is 13.1. The number of amides is 1. The van der Waals surface area contributed by atoms with Crippen molar-refractivity contribution in [2.75, 3.05) is 6.54 Å². The Morgan fingerprint density at radius 3 is 2.50 bits per heavy atom. The van der Waals surface area contributed by atoms with Crippen molar-refractivity contribution in [3.05, 3.63) is 29.6 Å². The number of aromatic hydroxyl groups is 1. The second-order valence-electron chi connectivity index (χ2n) is 3.41. The van der Waals surface area contributed by atoms with Gasteiger partial charge in [-0.2, -0.15) is 8.78 Å². The van der Waals surface area contributed by atoms with Crippen molar-refractivity contribution in [2.24, 2.45) is 0 Å². The third-order valence-corrected chi connectivity index (χ3v) is 2.00. The predicted octanol–water partition coefficient (Wildman–Crippen LogP) is 2.16. The second kappa shape index (κ2) is 5.19. The monoisotopic (exact) mass is 269 g/mol. The van der Waals surface area contributed by atoms with E-state index in [1.54, 1.807) is 0 Å². The lowest BCUT2D eigenvalue weighted by Crippen LogP contribution is -2.41. The van der Waals surface area contributed by atoms with Crippen molar-refractivity contribution in [2.45, 2.75) is 12.3 Å². The topological polar surface area (TPSA) is 49.3 Å². The highest BCUT2D eigenvalue weighted by molar-refractivity contribution is 5.94. The average Bonchev–Trinajstić information content (AvgIpc) is 2.25. The average molecular weight is 269 g/mol. The maximum Gasteiger partial charge on any atom is 0.324 e. The van der Waals surface area contributed by atoms with Crippen LogP contribution >= 0.6 is 0 Å². The molecule has 0 heterocycles. The van der Waals surface area contributed by atoms with Gasteiger partial charge in [0, 0.05) is 6.07 Å². The number of phenols is 1. The molecule has 0 spiro atoms. The predicted molar refractivity (Wildman–Crippen MR) is 51.3 cm³/mol. The molecule has 0 aliphatic rings. The van der Waals surface area contributed by atoms with Crippen LogP contribution in [0.2, 0.25) is 0 Å². The SMILES string of the molecule is O=C(NCC(F)(F)C(F)F)c1ccc(O)cc1F. The first-order valence-electron chi connectivity index (χ1n) is 4.66. The van der Waals surface area contributed by atoms with Gasteiger partial charge in [-0.05, 0) is 12.1 Å². The van der Waals surface area contributed by atoms with Crippen molar-refractivity contribution >= 4 is 5.91 Å². The number of rotatable bonds is 4. The Balaban J connectivity index is 2.72. The molecule has 1 amide bonds. The summed E-state index contributed by atoms with van der Waals surface area (Å²) < 4.78 is 61.7. The van der Waals surface area contributed by atoms with E-state index in [0.29, 0.717) is 6.07 Å². The van der Waals surface area contributed by atoms with Crippen LogP contribution in [0.3, 0.4) is 0 Å². The fourth-order valence-electron chi connectivity index (χ4n) is 1.06. The van der Waals surface area contributed by atoms with E-state index in [9.17, 15) is 26.7 Å². The summed E-state index contributed by atoms with van der Waals surface area (Å²) in [5.41, 5.74) is -0.627. The summed E-state index contributed by atoms with van der Waals surface area (Å²) in [7, 11) is 0. The number of halogens is 5. The standard InChI is InChI=1S/C10H8F5NO2/c11-7-3-5(17)1-2-6(7)8(18)16-4-10(14,15)9(12)13/h1-3,9,17H,4H2,(H,16,18). The number of carbonyl (C=O) groups is 1. The van der Waals surface area contributed by atoms with Gasteiger partial charge in [0.25, 0.3) is 5.91 Å². The Morgan fingerprint density at radius 1 is 1.39 bits per heavy atom. The Bertz CT molecular complexity index is 450. The van der Waals surface area contributed by atoms with E-state index in [1.807, 2.05) is 0 Å². The first-order chi connectivity index (χ1) is 8.24. The zero-order valence-electron chi connectivity index (χ0n) is 8.76. The zero-order chi connectivity index (χ0) is 13.9. The number of hydrogen-bond acceptors (Lipinski definition) is 2. The third-order valence-electron chi connectivity index (χ3n) is 2.00. The highest BCUT2D eigenvalue weighted by atomic mass is 19.3. The molecule has 0 atom stereocenters. The van der Waals surface area contributed by atoms with Gasteiger partial charge in [0.15, 0.2) is 0 Å². The molecule has 0 fully saturated rings. The minimum absolute atomic E-state index is 0.457. The summed E-state index contributed by atoms with van der Waals surface area (Å²) in [6.45, 7) is -1.61. The van der Waals surface area contributed by atoms with Gasteiger partial charge < -0.3 is 10.4 Å². The van der Waals surface area contributed by atoms with E-state index in [2.05, 4.69) is 0 Å². The van der Waals surface area contributed by atoms with E-state index >= 15 is 0 Å². The number of hydrogen-bond donors (Lipinski definition) is 2. The highest BCUT2D eigenvalue weighted by Gasteiger charge is 2.40. The molecule has 0 aromatic heterocycles. The van der Waals surface area contributed by atoms with Gasteiger partial charge >= 0.3 is 12.3 Å². The molecule has 0 aliphatic heterocycles. The lowest BCUT2D eigenvalue weighted by atomic mass is 10.2. The van der Waals surface area contributed by atoms with Gasteiger partial charge in [-0.15, -0.1) is 0 Å². The largest absolute Gasteiger partial charge is 0.508 e. The van der Waals surface area contributed by atoms with Crippen LogP contribution in [0.4, 0.5) is 22.0 Å². The summed E-state index contributed by atoms with van der Waals surface area (Å²) in [6, 6.07) is 2.41. The molecule has 8 heteroatoms. The quantitative estimate of drug-likeness (QED) is 0.823. The molecule has 1 aromatic carbocycles. The van der Waals surface area contributed by atoms with Crippen molar-refractivity contribution in [1.82, 2.24) is 5.32 Å². The molecule has 18 heavy (non-hydrogen) atoms. The Hall–Kier alpha value is -1.86. The minimum Gasteiger partial charge on any atom is -0.508 e. The van der Waals surface area contributed by atoms with E-state index in [-0.39, 0.29) is 0 Å². The van der Waals surface area contributed by atoms with Crippen LogP contribution in [-0.2, 0) is 0 Å². The second-order valence-corrected chi connectivity index (χ2v) is 3.41. The molecular formula is C10H8F5NO2. The van der Waals surface area contributed by atoms with Crippen molar-refractivity contribution in [1.29, 1.82) is 0 Å². The fourth-order valence-corrected chi connectivity index (χ4v) is 1.06. The smallest absolute Gasteiger partial charge is 0.324 e. The lowest BCUT2D eigenvalue weighted by Gasteiger charge is -2.15. The molecule has 0 unspecified atom stereocenters. The van der Waals surface area contributed by atoms with Gasteiger partial charge in [0.2, 0.25) is 0 Å². The van der Waals surface area contributed by atoms with E-state index in [4.69, 9.17) is 5.11 Å². The Morgan fingerprint density at radius 2 is 2.00 bits per heavy atom. The number of benzene rings is 1. The molecule has 1 aromatic rings. The molecule has 0 bridgehead atoms. The van der Waals surface area contributed by atoms with Crippen molar-refractivity contribution in [3.63, 3.8) is 0 Å². The zero-order valence-corrected chi connectivity index (χ0v) is 8.76. The molecule has 0 saturated heterocycles. The number of alkyl halides is 4. The molecule has 0 aliphatic carbocycles. The van der Waals surface area contributed by atoms with E-state index in [1.165, 1.54) is 5.32 Å². The van der Waals surface area contributed by atoms with Gasteiger partial charge in [0.1, 0.15) is 11.6 Å². The molecule has 100 valence electrons. The third kappa shape index (κ3) is 3.31. The summed E-state index contributed by atoms with van der Waals surface area (Å²) in [5, 5.41) is 10.4. The Kier molecular flexibility index (Phi) is 4.10. The van der Waals surface area contributed by atoms with E-state index < -0.39 is 41.9 Å². The molecule has 2 N–H and O–H groups in total. The van der Waals surface area contributed by atoms with Crippen LogP contribution in [0.15, 0.2) is 18.2 Å². The highest BCUT2D eigenvalue weighted by Crippen LogP contribution is 2.22. The van der Waals surface area contributed by atoms with Crippen LogP contribution in [0, 0.1) is 5.82 Å². The van der Waals surface area contributed by atoms with Crippen LogP contribution in [0.5, 0.6) is 5.75 Å². The van der Waals surface area contributed by atoms with Crippen molar-refractivity contribution in [3.8, 4) is 5.75 Å². The minimum atomic E-state index is -4.39. The molecular weight excluding hydrogens is 261 g/mol. The van der Waals surface area contributed by atoms with Crippen LogP contribution in [-0.4, -0.2) is 29.9 Å². The van der Waals surface area contributed by atoms with Gasteiger partial charge in [-0.25, -0.2) is 13.2 Å². The normalized spacial score (nSPS) is 11.7. The van der Waals surface area contributed by atoms with E-state index in [0.717, 1.165) is 12.1 Å². The summed E-state index contributed by atoms with van der Waals surface area (Å²) in [4.78, 5) is 11.2. The van der Waals surface area contributed by atoms with Crippen molar-refractivity contribution < 1.29 is 31.9 Å². The molecule has 1 rings (SSSR count). The van der Waals surface area contributed by atoms with Gasteiger partial charge in [0.05, 0.1) is 12.1 Å². The molecule has 0 radical (unpaired) electrons. The number of phenolic OH excluding ortho intramolecular Hbond substituents is 1. The summed E-state index contributed by atoms with van der Waals surface area (Å²) >= 11 is 0. The first kappa shape index (κ1) is 14.2. The van der Waals surface area contributed by atoms with Crippen LogP contribution < -0.4 is 5.32 Å². The summed E-state index contributed by atoms with van der Waals surface area (Å²) in [5.74, 6) is -7.26. The number of nitrogens with one attached hydrogen (secondary N) is 1. The van der Waals surface area contributed by atoms with Gasteiger partial charge in [-0.3, -0.25) is 4.79 Å². The number of carbonyl (C=O) groups excluding carboxylic acids is 1. The summed E-state index contributed by atoms with van der Waals surface area (Å²) in [6.07, 6.45) is -3.93. The first-order valence-corrected chi connectivity index (χ1v) is 4.66. The molecule has 3 nitrogen and oxygen atoms in total. The lowest BCUT2D eigenvalue weighted by molar-refractivity contribution is -0.123.